The number of Topliss-reactive ketones (excluding diaryl/α,β-unsaturated/α-hetero) is 1. The van der Waals surface area contributed by atoms with E-state index in [0.29, 0.717) is 27.0 Å². The second-order valence-corrected chi connectivity index (χ2v) is 6.65. The summed E-state index contributed by atoms with van der Waals surface area (Å²) in [5, 5.41) is 10.2. The van der Waals surface area contributed by atoms with Gasteiger partial charge in [0.15, 0.2) is 0 Å². The monoisotopic (exact) mass is 403 g/mol. The van der Waals surface area contributed by atoms with Crippen LogP contribution in [-0.2, 0) is 14.3 Å². The number of aromatic hydroxyl groups is 1. The molecule has 0 radical (unpaired) electrons. The first kappa shape index (κ1) is 19.0. The minimum absolute atomic E-state index is 0.0476. The summed E-state index contributed by atoms with van der Waals surface area (Å²) in [6, 6.07) is 11.3. The van der Waals surface area contributed by atoms with Crippen LogP contribution in [0, 0.1) is 0 Å². The Morgan fingerprint density at radius 3 is 2.37 bits per heavy atom. The highest BCUT2D eigenvalue weighted by Crippen LogP contribution is 2.38. The summed E-state index contributed by atoms with van der Waals surface area (Å²) >= 11 is 12.1. The van der Waals surface area contributed by atoms with Gasteiger partial charge in [-0.2, -0.15) is 0 Å². The Bertz CT molecular complexity index is 994. The van der Waals surface area contributed by atoms with Crippen LogP contribution in [-0.4, -0.2) is 24.0 Å². The summed E-state index contributed by atoms with van der Waals surface area (Å²) in [6.07, 6.45) is 1.63. The van der Waals surface area contributed by atoms with Gasteiger partial charge in [0.25, 0.3) is 0 Å². The fourth-order valence-corrected chi connectivity index (χ4v) is 3.14. The van der Waals surface area contributed by atoms with Gasteiger partial charge in [-0.3, -0.25) is 4.79 Å². The summed E-state index contributed by atoms with van der Waals surface area (Å²) in [5.41, 5.74) is 1.90. The fraction of sp³-hybridized carbons (Fsp3) is 0.100. The molecule has 7 heteroatoms. The summed E-state index contributed by atoms with van der Waals surface area (Å²) < 4.78 is 4.76. The summed E-state index contributed by atoms with van der Waals surface area (Å²) in [5.74, 6) is -1.06. The van der Waals surface area contributed by atoms with Gasteiger partial charge in [0.2, 0.25) is 5.78 Å². The van der Waals surface area contributed by atoms with Gasteiger partial charge in [-0.1, -0.05) is 35.3 Å². The first-order valence-electron chi connectivity index (χ1n) is 7.93. The van der Waals surface area contributed by atoms with E-state index in [0.717, 1.165) is 0 Å². The molecule has 0 fully saturated rings. The topological polar surface area (TPSA) is 66.8 Å². The second kappa shape index (κ2) is 7.47. The lowest BCUT2D eigenvalue weighted by Crippen LogP contribution is -2.18. The van der Waals surface area contributed by atoms with E-state index >= 15 is 0 Å². The zero-order chi connectivity index (χ0) is 19.7. The van der Waals surface area contributed by atoms with E-state index in [4.69, 9.17) is 27.9 Å². The Morgan fingerprint density at radius 1 is 1.11 bits per heavy atom. The highest BCUT2D eigenvalue weighted by atomic mass is 35.5. The van der Waals surface area contributed by atoms with Crippen molar-refractivity contribution in [3.05, 3.63) is 75.0 Å². The van der Waals surface area contributed by atoms with E-state index in [1.807, 2.05) is 0 Å². The molecule has 0 saturated carbocycles. The van der Waals surface area contributed by atoms with Crippen molar-refractivity contribution in [3.63, 3.8) is 0 Å². The lowest BCUT2D eigenvalue weighted by Gasteiger charge is -2.22. The van der Waals surface area contributed by atoms with E-state index in [1.165, 1.54) is 19.2 Å². The molecule has 5 nitrogen and oxygen atoms in total. The molecule has 1 aliphatic rings. The third kappa shape index (κ3) is 3.56. The largest absolute Gasteiger partial charge is 0.508 e. The van der Waals surface area contributed by atoms with Gasteiger partial charge in [-0.05, 0) is 48.9 Å². The Labute approximate surface area is 166 Å². The minimum atomic E-state index is -0.711. The number of nitrogens with zero attached hydrogens (tertiary/aromatic N) is 1. The fourth-order valence-electron chi connectivity index (χ4n) is 2.84. The maximum Gasteiger partial charge on any atom is 0.343 e. The predicted molar refractivity (Wildman–Crippen MR) is 105 cm³/mol. The number of allylic oxidation sites excluding steroid dienone is 2. The van der Waals surface area contributed by atoms with E-state index < -0.39 is 11.8 Å². The molecular formula is C20H15Cl2NO4. The lowest BCUT2D eigenvalue weighted by molar-refractivity contribution is -0.137. The van der Waals surface area contributed by atoms with Crippen molar-refractivity contribution in [2.45, 2.75) is 6.92 Å². The molecule has 1 aliphatic heterocycles. The quantitative estimate of drug-likeness (QED) is 0.461. The Morgan fingerprint density at radius 2 is 1.78 bits per heavy atom. The van der Waals surface area contributed by atoms with E-state index in [2.05, 4.69) is 0 Å². The molecule has 3 rings (SSSR count). The first-order valence-corrected chi connectivity index (χ1v) is 8.69. The second-order valence-electron chi connectivity index (χ2n) is 5.84. The number of esters is 1. The van der Waals surface area contributed by atoms with Crippen LogP contribution in [0.2, 0.25) is 10.0 Å². The van der Waals surface area contributed by atoms with E-state index in [9.17, 15) is 14.7 Å². The number of ketones is 1. The van der Waals surface area contributed by atoms with Crippen LogP contribution in [0.3, 0.4) is 0 Å². The zero-order valence-corrected chi connectivity index (χ0v) is 16.0. The van der Waals surface area contributed by atoms with Crippen molar-refractivity contribution in [3.8, 4) is 5.75 Å². The zero-order valence-electron chi connectivity index (χ0n) is 14.5. The molecule has 2 aromatic carbocycles. The van der Waals surface area contributed by atoms with Crippen molar-refractivity contribution in [2.24, 2.45) is 0 Å². The van der Waals surface area contributed by atoms with Crippen molar-refractivity contribution in [2.75, 3.05) is 12.0 Å². The number of benzene rings is 2. The molecule has 1 N–H and O–H groups in total. The number of methoxy groups -OCH3 is 1. The molecule has 27 heavy (non-hydrogen) atoms. The maximum atomic E-state index is 12.9. The van der Waals surface area contributed by atoms with Gasteiger partial charge in [-0.25, -0.2) is 4.79 Å². The molecule has 0 saturated heterocycles. The average molecular weight is 404 g/mol. The molecule has 0 bridgehead atoms. The summed E-state index contributed by atoms with van der Waals surface area (Å²) in [7, 11) is 1.22. The first-order chi connectivity index (χ1) is 12.8. The molecule has 0 unspecified atom stereocenters. The molecular weight excluding hydrogens is 389 g/mol. The van der Waals surface area contributed by atoms with Crippen LogP contribution in [0.5, 0.6) is 5.75 Å². The average Bonchev–Trinajstić information content (AvgIpc) is 2.89. The molecule has 0 atom stereocenters. The number of hydrogen-bond donors (Lipinski definition) is 1. The Balaban J connectivity index is 2.17. The SMILES string of the molecule is COC(=O)C1=C(C)N(c2ccc(Cl)c(Cl)c2)/C(=C/c2ccc(O)cc2)C1=O. The van der Waals surface area contributed by atoms with Crippen LogP contribution in [0.1, 0.15) is 12.5 Å². The molecule has 0 aliphatic carbocycles. The third-order valence-electron chi connectivity index (χ3n) is 4.15. The van der Waals surface area contributed by atoms with Crippen LogP contribution in [0.15, 0.2) is 59.4 Å². The molecule has 0 amide bonds. The van der Waals surface area contributed by atoms with Gasteiger partial charge in [-0.15, -0.1) is 0 Å². The number of carbonyl (C=O) groups is 2. The van der Waals surface area contributed by atoms with Gasteiger partial charge in [0, 0.05) is 11.4 Å². The Kier molecular flexibility index (Phi) is 5.26. The van der Waals surface area contributed by atoms with E-state index in [1.54, 1.807) is 48.2 Å². The molecule has 1 heterocycles. The number of phenols is 1. The molecule has 0 spiro atoms. The van der Waals surface area contributed by atoms with Crippen LogP contribution < -0.4 is 4.90 Å². The number of rotatable bonds is 3. The molecule has 0 aromatic heterocycles. The normalized spacial score (nSPS) is 15.6. The smallest absolute Gasteiger partial charge is 0.343 e. The van der Waals surface area contributed by atoms with Crippen molar-refractivity contribution in [1.29, 1.82) is 0 Å². The van der Waals surface area contributed by atoms with Crippen molar-refractivity contribution >= 4 is 46.7 Å². The van der Waals surface area contributed by atoms with Gasteiger partial charge >= 0.3 is 5.97 Å². The number of hydrogen-bond acceptors (Lipinski definition) is 5. The van der Waals surface area contributed by atoms with Crippen LogP contribution in [0.25, 0.3) is 6.08 Å². The number of anilines is 1. The van der Waals surface area contributed by atoms with Crippen molar-refractivity contribution < 1.29 is 19.4 Å². The van der Waals surface area contributed by atoms with Gasteiger partial charge in [0.05, 0.1) is 22.9 Å². The number of carbonyl (C=O) groups excluding carboxylic acids is 2. The molecule has 2 aromatic rings. The highest BCUT2D eigenvalue weighted by molar-refractivity contribution is 6.42. The number of ether oxygens (including phenoxy) is 1. The standard InChI is InChI=1S/C20H15Cl2NO4/c1-11-18(20(26)27-2)19(25)17(9-12-3-6-14(24)7-4-12)23(11)13-5-8-15(21)16(22)10-13/h3-10,24H,1-2H3/b17-9+. The third-order valence-corrected chi connectivity index (χ3v) is 4.88. The van der Waals surface area contributed by atoms with Gasteiger partial charge < -0.3 is 14.7 Å². The predicted octanol–water partition coefficient (Wildman–Crippen LogP) is 4.58. The number of halogens is 2. The highest BCUT2D eigenvalue weighted by Gasteiger charge is 2.38. The van der Waals surface area contributed by atoms with E-state index in [-0.39, 0.29) is 17.0 Å². The lowest BCUT2D eigenvalue weighted by atomic mass is 10.1. The minimum Gasteiger partial charge on any atom is -0.508 e. The van der Waals surface area contributed by atoms with Crippen molar-refractivity contribution in [1.82, 2.24) is 0 Å². The number of phenolic OH excluding ortho intramolecular Hbond substituents is 1. The Hall–Kier alpha value is -2.76. The summed E-state index contributed by atoms with van der Waals surface area (Å²) in [4.78, 5) is 26.7. The van der Waals surface area contributed by atoms with Crippen LogP contribution >= 0.6 is 23.2 Å². The van der Waals surface area contributed by atoms with Gasteiger partial charge in [0.1, 0.15) is 11.3 Å². The molecule has 138 valence electrons. The summed E-state index contributed by atoms with van der Waals surface area (Å²) in [6.45, 7) is 1.66. The maximum absolute atomic E-state index is 12.9. The van der Waals surface area contributed by atoms with Crippen LogP contribution in [0.4, 0.5) is 5.69 Å².